The molecule has 6 nitrogen and oxygen atoms in total. The molecule has 1 aliphatic carbocycles. The second-order valence-corrected chi connectivity index (χ2v) is 5.54. The molecule has 1 N–H and O–H groups in total. The van der Waals surface area contributed by atoms with Crippen LogP contribution in [0.25, 0.3) is 11.2 Å². The van der Waals surface area contributed by atoms with E-state index in [2.05, 4.69) is 26.5 Å². The highest BCUT2D eigenvalue weighted by Gasteiger charge is 2.17. The molecule has 0 unspecified atom stereocenters. The summed E-state index contributed by atoms with van der Waals surface area (Å²) in [5.74, 6) is 0.701. The average molecular weight is 306 g/mol. The molecule has 116 valence electrons. The molecule has 4 rings (SSSR count). The van der Waals surface area contributed by atoms with Gasteiger partial charge in [0.05, 0.1) is 17.6 Å². The summed E-state index contributed by atoms with van der Waals surface area (Å²) in [5.41, 5.74) is 5.08. The van der Waals surface area contributed by atoms with E-state index < -0.39 is 0 Å². The van der Waals surface area contributed by atoms with Crippen LogP contribution in [0.1, 0.15) is 36.7 Å². The van der Waals surface area contributed by atoms with Crippen molar-refractivity contribution in [2.24, 2.45) is 0 Å². The van der Waals surface area contributed by atoms with Gasteiger partial charge in [0, 0.05) is 36.1 Å². The van der Waals surface area contributed by atoms with E-state index in [1.807, 2.05) is 31.5 Å². The Morgan fingerprint density at radius 1 is 1.26 bits per heavy atom. The van der Waals surface area contributed by atoms with Crippen molar-refractivity contribution in [1.29, 1.82) is 0 Å². The van der Waals surface area contributed by atoms with Gasteiger partial charge < -0.3 is 5.32 Å². The van der Waals surface area contributed by atoms with E-state index in [4.69, 9.17) is 4.98 Å². The number of hydrogen-bond acceptors (Lipinski definition) is 5. The van der Waals surface area contributed by atoms with Crippen LogP contribution in [0.2, 0.25) is 0 Å². The first kappa shape index (κ1) is 13.9. The van der Waals surface area contributed by atoms with Crippen LogP contribution in [0.5, 0.6) is 0 Å². The van der Waals surface area contributed by atoms with Crippen LogP contribution in [-0.2, 0) is 6.42 Å². The largest absolute Gasteiger partial charge is 0.354 e. The highest BCUT2D eigenvalue weighted by Crippen LogP contribution is 2.29. The SMILES string of the molecule is CCNc1ncc2c(n1)CCCC=C2c1ccn2nccc2n1. The molecule has 1 aliphatic rings. The van der Waals surface area contributed by atoms with Gasteiger partial charge in [-0.2, -0.15) is 5.10 Å². The second kappa shape index (κ2) is 5.79. The minimum absolute atomic E-state index is 0.701. The number of allylic oxidation sites excluding steroid dienone is 1. The molecule has 0 atom stereocenters. The summed E-state index contributed by atoms with van der Waals surface area (Å²) in [6.07, 6.45) is 10.9. The van der Waals surface area contributed by atoms with Crippen molar-refractivity contribution in [2.75, 3.05) is 11.9 Å². The van der Waals surface area contributed by atoms with Crippen molar-refractivity contribution in [2.45, 2.75) is 26.2 Å². The van der Waals surface area contributed by atoms with E-state index in [0.29, 0.717) is 5.95 Å². The van der Waals surface area contributed by atoms with E-state index >= 15 is 0 Å². The summed E-state index contributed by atoms with van der Waals surface area (Å²) in [4.78, 5) is 13.8. The van der Waals surface area contributed by atoms with Crippen LogP contribution in [0, 0.1) is 0 Å². The number of fused-ring (bicyclic) bond motifs is 2. The average Bonchev–Trinajstić information content (AvgIpc) is 2.94. The first-order chi connectivity index (χ1) is 11.3. The standard InChI is InChI=1S/C17H18N6/c1-2-18-17-19-11-13-12(5-3-4-6-14(13)22-17)15-8-10-23-16(21-15)7-9-20-23/h5,7-11H,2-4,6H2,1H3,(H,18,19,22). The molecule has 23 heavy (non-hydrogen) atoms. The molecule has 3 aromatic rings. The molecule has 0 bridgehead atoms. The molecule has 3 aromatic heterocycles. The monoisotopic (exact) mass is 306 g/mol. The Kier molecular flexibility index (Phi) is 3.49. The number of aromatic nitrogens is 5. The zero-order chi connectivity index (χ0) is 15.6. The highest BCUT2D eigenvalue weighted by molar-refractivity contribution is 5.79. The minimum Gasteiger partial charge on any atom is -0.354 e. The highest BCUT2D eigenvalue weighted by atomic mass is 15.2. The zero-order valence-corrected chi connectivity index (χ0v) is 13.0. The Balaban J connectivity index is 1.81. The first-order valence-corrected chi connectivity index (χ1v) is 7.96. The van der Waals surface area contributed by atoms with Crippen molar-refractivity contribution in [3.8, 4) is 0 Å². The zero-order valence-electron chi connectivity index (χ0n) is 13.0. The lowest BCUT2D eigenvalue weighted by molar-refractivity contribution is 0.821. The molecule has 3 heterocycles. The fourth-order valence-corrected chi connectivity index (χ4v) is 2.91. The number of nitrogens with zero attached hydrogens (tertiary/aromatic N) is 5. The summed E-state index contributed by atoms with van der Waals surface area (Å²) >= 11 is 0. The molecule has 0 aromatic carbocycles. The summed E-state index contributed by atoms with van der Waals surface area (Å²) in [6, 6.07) is 3.91. The van der Waals surface area contributed by atoms with Crippen molar-refractivity contribution < 1.29 is 0 Å². The number of hydrogen-bond donors (Lipinski definition) is 1. The van der Waals surface area contributed by atoms with Gasteiger partial charge in [-0.1, -0.05) is 6.08 Å². The topological polar surface area (TPSA) is 68.0 Å². The predicted molar refractivity (Wildman–Crippen MR) is 89.2 cm³/mol. The molecule has 0 spiro atoms. The second-order valence-electron chi connectivity index (χ2n) is 5.54. The Bertz CT molecular complexity index is 880. The van der Waals surface area contributed by atoms with Crippen molar-refractivity contribution in [3.05, 3.63) is 53.8 Å². The number of rotatable bonds is 3. The molecular formula is C17H18N6. The van der Waals surface area contributed by atoms with E-state index in [1.54, 1.807) is 10.7 Å². The van der Waals surface area contributed by atoms with Crippen LogP contribution >= 0.6 is 0 Å². The Hall–Kier alpha value is -2.76. The molecule has 0 saturated heterocycles. The van der Waals surface area contributed by atoms with E-state index in [0.717, 1.165) is 54.0 Å². The smallest absolute Gasteiger partial charge is 0.222 e. The van der Waals surface area contributed by atoms with Crippen LogP contribution in [-0.4, -0.2) is 31.1 Å². The normalized spacial score (nSPS) is 14.2. The van der Waals surface area contributed by atoms with E-state index in [9.17, 15) is 0 Å². The number of nitrogens with one attached hydrogen (secondary N) is 1. The molecule has 0 radical (unpaired) electrons. The van der Waals surface area contributed by atoms with Crippen molar-refractivity contribution in [3.63, 3.8) is 0 Å². The van der Waals surface area contributed by atoms with Gasteiger partial charge in [-0.25, -0.2) is 19.5 Å². The predicted octanol–water partition coefficient (Wildman–Crippen LogP) is 2.72. The molecule has 0 aliphatic heterocycles. The third-order valence-electron chi connectivity index (χ3n) is 3.99. The maximum atomic E-state index is 4.72. The molecule has 6 heteroatoms. The number of aryl methyl sites for hydroxylation is 1. The summed E-state index contributed by atoms with van der Waals surface area (Å²) < 4.78 is 1.77. The fourth-order valence-electron chi connectivity index (χ4n) is 2.91. The third-order valence-corrected chi connectivity index (χ3v) is 3.99. The van der Waals surface area contributed by atoms with Crippen LogP contribution in [0.15, 0.2) is 36.8 Å². The van der Waals surface area contributed by atoms with Gasteiger partial charge in [-0.3, -0.25) is 0 Å². The molecule has 0 fully saturated rings. The van der Waals surface area contributed by atoms with Gasteiger partial charge in [0.2, 0.25) is 5.95 Å². The Labute approximate surface area is 134 Å². The maximum absolute atomic E-state index is 4.72. The van der Waals surface area contributed by atoms with Gasteiger partial charge in [0.15, 0.2) is 5.65 Å². The van der Waals surface area contributed by atoms with Gasteiger partial charge in [-0.15, -0.1) is 0 Å². The Morgan fingerprint density at radius 3 is 3.13 bits per heavy atom. The maximum Gasteiger partial charge on any atom is 0.222 e. The van der Waals surface area contributed by atoms with Gasteiger partial charge >= 0.3 is 0 Å². The summed E-state index contributed by atoms with van der Waals surface area (Å²) in [7, 11) is 0. The van der Waals surface area contributed by atoms with E-state index in [1.165, 1.54) is 0 Å². The lowest BCUT2D eigenvalue weighted by Crippen LogP contribution is -2.07. The minimum atomic E-state index is 0.701. The van der Waals surface area contributed by atoms with Gasteiger partial charge in [0.1, 0.15) is 0 Å². The van der Waals surface area contributed by atoms with Crippen LogP contribution < -0.4 is 5.32 Å². The molecular weight excluding hydrogens is 288 g/mol. The Morgan fingerprint density at radius 2 is 2.22 bits per heavy atom. The lowest BCUT2D eigenvalue weighted by atomic mass is 10.0. The lowest BCUT2D eigenvalue weighted by Gasteiger charge is -2.11. The van der Waals surface area contributed by atoms with E-state index in [-0.39, 0.29) is 0 Å². The summed E-state index contributed by atoms with van der Waals surface area (Å²) in [6.45, 7) is 2.87. The van der Waals surface area contributed by atoms with Crippen molar-refractivity contribution in [1.82, 2.24) is 24.6 Å². The fraction of sp³-hybridized carbons (Fsp3) is 0.294. The van der Waals surface area contributed by atoms with Gasteiger partial charge in [0.25, 0.3) is 0 Å². The van der Waals surface area contributed by atoms with Crippen LogP contribution in [0.4, 0.5) is 5.95 Å². The van der Waals surface area contributed by atoms with Crippen LogP contribution in [0.3, 0.4) is 0 Å². The first-order valence-electron chi connectivity index (χ1n) is 7.96. The molecule has 0 amide bonds. The van der Waals surface area contributed by atoms with Gasteiger partial charge in [-0.05, 0) is 32.3 Å². The molecule has 0 saturated carbocycles. The van der Waals surface area contributed by atoms with Crippen molar-refractivity contribution >= 4 is 17.2 Å². The number of anilines is 1. The third kappa shape index (κ3) is 2.56. The quantitative estimate of drug-likeness (QED) is 0.806. The summed E-state index contributed by atoms with van der Waals surface area (Å²) in [5, 5.41) is 7.39.